The van der Waals surface area contributed by atoms with Gasteiger partial charge in [0, 0.05) is 28.5 Å². The normalized spacial score (nSPS) is 11.3. The van der Waals surface area contributed by atoms with Crippen LogP contribution in [0.1, 0.15) is 11.3 Å². The van der Waals surface area contributed by atoms with Crippen LogP contribution in [0.4, 0.5) is 5.69 Å². The van der Waals surface area contributed by atoms with Crippen LogP contribution in [-0.4, -0.2) is 18.3 Å². The number of nitrogens with zero attached hydrogens (tertiary/aromatic N) is 2. The van der Waals surface area contributed by atoms with Crippen molar-refractivity contribution in [1.29, 1.82) is 0 Å². The smallest absolute Gasteiger partial charge is 0.259 e. The van der Waals surface area contributed by atoms with Crippen molar-refractivity contribution in [2.75, 3.05) is 0 Å². The molecule has 0 fully saturated rings. The van der Waals surface area contributed by atoms with Crippen molar-refractivity contribution >= 4 is 25.4 Å². The van der Waals surface area contributed by atoms with Crippen molar-refractivity contribution in [2.45, 2.75) is 12.7 Å². The molecule has 0 N–H and O–H groups in total. The maximum atomic E-state index is 10.8. The summed E-state index contributed by atoms with van der Waals surface area (Å²) < 4.78 is 21.6. The first-order valence-electron chi connectivity index (χ1n) is 3.82. The number of nitro groups is 1. The number of halogens is 1. The average Bonchev–Trinajstić information content (AvgIpc) is 2.05. The second kappa shape index (κ2) is 4.11. The second-order valence-corrected chi connectivity index (χ2v) is 5.62. The Morgan fingerprint density at radius 1 is 1.60 bits per heavy atom. The topological polar surface area (TPSA) is 90.2 Å². The van der Waals surface area contributed by atoms with E-state index in [0.717, 1.165) is 0 Å². The molecule has 0 unspecified atom stereocenters. The Morgan fingerprint density at radius 3 is 2.67 bits per heavy atom. The Morgan fingerprint density at radius 2 is 2.20 bits per heavy atom. The lowest BCUT2D eigenvalue weighted by Crippen LogP contribution is -2.03. The predicted octanol–water partition coefficient (Wildman–Crippen LogP) is 1.37. The van der Waals surface area contributed by atoms with Crippen LogP contribution in [0.2, 0.25) is 0 Å². The highest BCUT2D eigenvalue weighted by Gasteiger charge is 2.18. The van der Waals surface area contributed by atoms with Crippen LogP contribution in [-0.2, 0) is 14.8 Å². The first-order chi connectivity index (χ1) is 6.81. The molecule has 0 aliphatic rings. The predicted molar refractivity (Wildman–Crippen MR) is 54.1 cm³/mol. The largest absolute Gasteiger partial charge is 0.275 e. The molecule has 8 heteroatoms. The fourth-order valence-corrected chi connectivity index (χ4v) is 2.00. The number of aromatic nitrogens is 1. The summed E-state index contributed by atoms with van der Waals surface area (Å²) in [5, 5.41) is 10.5. The molecule has 0 aliphatic carbocycles. The molecular formula is C7H7ClN2O4S. The summed E-state index contributed by atoms with van der Waals surface area (Å²) in [5.74, 6) is -0.512. The van der Waals surface area contributed by atoms with Crippen LogP contribution in [0.5, 0.6) is 0 Å². The minimum absolute atomic E-state index is 0.0965. The van der Waals surface area contributed by atoms with Crippen molar-refractivity contribution < 1.29 is 13.3 Å². The van der Waals surface area contributed by atoms with Crippen LogP contribution >= 0.6 is 10.7 Å². The maximum Gasteiger partial charge on any atom is 0.275 e. The van der Waals surface area contributed by atoms with Crippen LogP contribution in [0.15, 0.2) is 12.3 Å². The molecule has 82 valence electrons. The fourth-order valence-electron chi connectivity index (χ4n) is 1.07. The molecule has 0 saturated heterocycles. The molecular weight excluding hydrogens is 244 g/mol. The van der Waals surface area contributed by atoms with Crippen molar-refractivity contribution in [3.63, 3.8) is 0 Å². The van der Waals surface area contributed by atoms with Gasteiger partial charge in [0.2, 0.25) is 9.05 Å². The Balaban J connectivity index is 3.22. The summed E-state index contributed by atoms with van der Waals surface area (Å²) in [5.41, 5.74) is 0.145. The van der Waals surface area contributed by atoms with E-state index in [4.69, 9.17) is 10.7 Å². The van der Waals surface area contributed by atoms with E-state index in [9.17, 15) is 18.5 Å². The van der Waals surface area contributed by atoms with E-state index in [2.05, 4.69) is 4.98 Å². The van der Waals surface area contributed by atoms with Crippen LogP contribution in [0.3, 0.4) is 0 Å². The third kappa shape index (κ3) is 3.14. The summed E-state index contributed by atoms with van der Waals surface area (Å²) in [7, 11) is 1.28. The highest BCUT2D eigenvalue weighted by Crippen LogP contribution is 2.21. The number of pyridine rings is 1. The van der Waals surface area contributed by atoms with Gasteiger partial charge in [0.15, 0.2) is 0 Å². The maximum absolute atomic E-state index is 10.8. The van der Waals surface area contributed by atoms with Crippen LogP contribution < -0.4 is 0 Å². The van der Waals surface area contributed by atoms with E-state index < -0.39 is 19.7 Å². The summed E-state index contributed by atoms with van der Waals surface area (Å²) >= 11 is 0. The zero-order chi connectivity index (χ0) is 11.6. The third-order valence-corrected chi connectivity index (χ3v) is 2.73. The molecule has 0 aliphatic heterocycles. The minimum Gasteiger partial charge on any atom is -0.259 e. The van der Waals surface area contributed by atoms with Gasteiger partial charge < -0.3 is 0 Å². The molecule has 0 saturated carbocycles. The van der Waals surface area contributed by atoms with E-state index in [1.54, 1.807) is 0 Å². The summed E-state index contributed by atoms with van der Waals surface area (Å²) in [6, 6.07) is 1.21. The summed E-state index contributed by atoms with van der Waals surface area (Å²) in [6.45, 7) is 1.43. The Kier molecular flexibility index (Phi) is 3.25. The van der Waals surface area contributed by atoms with Crippen LogP contribution in [0.25, 0.3) is 0 Å². The monoisotopic (exact) mass is 250 g/mol. The van der Waals surface area contributed by atoms with Crippen molar-refractivity contribution in [1.82, 2.24) is 4.98 Å². The van der Waals surface area contributed by atoms with Gasteiger partial charge in [-0.15, -0.1) is 0 Å². The quantitative estimate of drug-likeness (QED) is 0.459. The van der Waals surface area contributed by atoms with E-state index in [-0.39, 0.29) is 16.9 Å². The van der Waals surface area contributed by atoms with Crippen molar-refractivity contribution in [2.24, 2.45) is 0 Å². The number of hydrogen-bond donors (Lipinski definition) is 0. The number of rotatable bonds is 3. The molecule has 1 heterocycles. The Hall–Kier alpha value is -1.21. The number of hydrogen-bond acceptors (Lipinski definition) is 5. The third-order valence-electron chi connectivity index (χ3n) is 1.79. The standard InChI is InChI=1S/C7H7ClN2O4S/c1-5-6(4-15(8,13)14)9-3-2-7(5)10(11)12/h2-3H,4H2,1H3. The fraction of sp³-hybridized carbons (Fsp3) is 0.286. The first kappa shape index (κ1) is 11.9. The van der Waals surface area contributed by atoms with Gasteiger partial charge in [0.05, 0.1) is 10.6 Å². The molecule has 1 rings (SSSR count). The zero-order valence-corrected chi connectivity index (χ0v) is 9.25. The lowest BCUT2D eigenvalue weighted by molar-refractivity contribution is -0.385. The van der Waals surface area contributed by atoms with Crippen molar-refractivity contribution in [3.05, 3.63) is 33.6 Å². The van der Waals surface area contributed by atoms with Gasteiger partial charge in [-0.3, -0.25) is 15.1 Å². The highest BCUT2D eigenvalue weighted by atomic mass is 35.7. The average molecular weight is 251 g/mol. The highest BCUT2D eigenvalue weighted by molar-refractivity contribution is 8.13. The van der Waals surface area contributed by atoms with E-state index in [1.165, 1.54) is 19.2 Å². The lowest BCUT2D eigenvalue weighted by Gasteiger charge is -2.02. The van der Waals surface area contributed by atoms with E-state index >= 15 is 0 Å². The molecule has 0 amide bonds. The van der Waals surface area contributed by atoms with Gasteiger partial charge in [-0.2, -0.15) is 0 Å². The Labute approximate surface area is 90.5 Å². The molecule has 6 nitrogen and oxygen atoms in total. The minimum atomic E-state index is -3.76. The van der Waals surface area contributed by atoms with E-state index in [1.807, 2.05) is 0 Å². The SMILES string of the molecule is Cc1c([N+](=O)[O-])ccnc1CS(=O)(=O)Cl. The molecule has 1 aromatic rings. The van der Waals surface area contributed by atoms with Crippen molar-refractivity contribution in [3.8, 4) is 0 Å². The first-order valence-corrected chi connectivity index (χ1v) is 6.30. The van der Waals surface area contributed by atoms with Crippen LogP contribution in [0, 0.1) is 17.0 Å². The zero-order valence-electron chi connectivity index (χ0n) is 7.68. The summed E-state index contributed by atoms with van der Waals surface area (Å²) in [6.07, 6.45) is 1.18. The van der Waals surface area contributed by atoms with E-state index in [0.29, 0.717) is 0 Å². The molecule has 0 aromatic carbocycles. The molecule has 0 radical (unpaired) electrons. The van der Waals surface area contributed by atoms with Gasteiger partial charge in [-0.1, -0.05) is 0 Å². The molecule has 0 spiro atoms. The van der Waals surface area contributed by atoms with Gasteiger partial charge >= 0.3 is 0 Å². The molecule has 15 heavy (non-hydrogen) atoms. The Bertz CT molecular complexity index is 500. The molecule has 0 bridgehead atoms. The van der Waals surface area contributed by atoms with Gasteiger partial charge in [0.1, 0.15) is 5.75 Å². The van der Waals surface area contributed by atoms with Gasteiger partial charge in [-0.05, 0) is 6.92 Å². The lowest BCUT2D eigenvalue weighted by atomic mass is 10.2. The molecule has 1 aromatic heterocycles. The van der Waals surface area contributed by atoms with Gasteiger partial charge in [-0.25, -0.2) is 8.42 Å². The summed E-state index contributed by atoms with van der Waals surface area (Å²) in [4.78, 5) is 13.7. The second-order valence-electron chi connectivity index (χ2n) is 2.84. The van der Waals surface area contributed by atoms with Gasteiger partial charge in [0.25, 0.3) is 5.69 Å². The molecule has 0 atom stereocenters.